The van der Waals surface area contributed by atoms with E-state index in [1.54, 1.807) is 0 Å². The van der Waals surface area contributed by atoms with E-state index in [1.807, 2.05) is 0 Å². The molecule has 80 valence electrons. The van der Waals surface area contributed by atoms with Gasteiger partial charge in [0.1, 0.15) is 0 Å². The average Bonchev–Trinajstić information content (AvgIpc) is 2.34. The molecule has 0 fully saturated rings. The Balaban J connectivity index is 2.17. The Morgan fingerprint density at radius 1 is 0.938 bits per heavy atom. The summed E-state index contributed by atoms with van der Waals surface area (Å²) in [5.74, 6) is 6.40. The number of rotatable bonds is 2. The minimum Gasteiger partial charge on any atom is -0.103 e. The van der Waals surface area contributed by atoms with Crippen LogP contribution in [0.1, 0.15) is 25.3 Å². The zero-order valence-corrected chi connectivity index (χ0v) is 9.66. The topological polar surface area (TPSA) is 0 Å². The number of hydrogen-bond acceptors (Lipinski definition) is 0. The first-order chi connectivity index (χ1) is 7.90. The lowest BCUT2D eigenvalue weighted by Gasteiger charge is -1.99. The molecule has 0 aliphatic carbocycles. The maximum Gasteiger partial charge on any atom is 0.0340 e. The first-order valence-electron chi connectivity index (χ1n) is 5.83. The van der Waals surface area contributed by atoms with Gasteiger partial charge < -0.3 is 0 Å². The molecule has 2 rings (SSSR count). The molecule has 0 amide bonds. The second kappa shape index (κ2) is 5.37. The highest BCUT2D eigenvalue weighted by Crippen LogP contribution is 2.15. The largest absolute Gasteiger partial charge is 0.103 e. The van der Waals surface area contributed by atoms with E-state index in [4.69, 9.17) is 0 Å². The fourth-order valence-corrected chi connectivity index (χ4v) is 1.73. The summed E-state index contributed by atoms with van der Waals surface area (Å²) in [6.07, 6.45) is 3.02. The average molecular weight is 208 g/mol. The molecule has 0 heterocycles. The van der Waals surface area contributed by atoms with Crippen LogP contribution in [0.5, 0.6) is 0 Å². The zero-order chi connectivity index (χ0) is 11.2. The SMILES string of the molecule is CCCC#CCc1ccc2ccccc2c1. The van der Waals surface area contributed by atoms with Crippen molar-refractivity contribution < 1.29 is 0 Å². The van der Waals surface area contributed by atoms with Crippen LogP contribution in [0.4, 0.5) is 0 Å². The van der Waals surface area contributed by atoms with E-state index in [2.05, 4.69) is 61.2 Å². The normalized spacial score (nSPS) is 9.81. The number of benzene rings is 2. The fourth-order valence-electron chi connectivity index (χ4n) is 1.73. The maximum absolute atomic E-state index is 3.22. The van der Waals surface area contributed by atoms with Crippen molar-refractivity contribution in [3.63, 3.8) is 0 Å². The molecule has 0 aromatic heterocycles. The van der Waals surface area contributed by atoms with E-state index in [9.17, 15) is 0 Å². The summed E-state index contributed by atoms with van der Waals surface area (Å²) in [6.45, 7) is 2.16. The predicted molar refractivity (Wildman–Crippen MR) is 70.3 cm³/mol. The quantitative estimate of drug-likeness (QED) is 0.649. The van der Waals surface area contributed by atoms with Crippen molar-refractivity contribution in [1.82, 2.24) is 0 Å². The van der Waals surface area contributed by atoms with Crippen molar-refractivity contribution in [2.75, 3.05) is 0 Å². The summed E-state index contributed by atoms with van der Waals surface area (Å²) in [5, 5.41) is 2.60. The first kappa shape index (κ1) is 10.8. The molecule has 0 saturated heterocycles. The van der Waals surface area contributed by atoms with Gasteiger partial charge in [0.15, 0.2) is 0 Å². The second-order valence-corrected chi connectivity index (χ2v) is 3.96. The Kier molecular flexibility index (Phi) is 3.62. The summed E-state index contributed by atoms with van der Waals surface area (Å²) in [4.78, 5) is 0. The Morgan fingerprint density at radius 2 is 1.75 bits per heavy atom. The molecular weight excluding hydrogens is 192 g/mol. The lowest BCUT2D eigenvalue weighted by Crippen LogP contribution is -1.81. The molecule has 0 N–H and O–H groups in total. The lowest BCUT2D eigenvalue weighted by molar-refractivity contribution is 0.981. The molecule has 0 radical (unpaired) electrons. The van der Waals surface area contributed by atoms with Crippen LogP contribution in [-0.2, 0) is 6.42 Å². The van der Waals surface area contributed by atoms with Crippen molar-refractivity contribution in [3.8, 4) is 11.8 Å². The Hall–Kier alpha value is -1.74. The molecule has 2 aromatic carbocycles. The molecule has 0 heteroatoms. The van der Waals surface area contributed by atoms with Crippen LogP contribution in [0.3, 0.4) is 0 Å². The monoisotopic (exact) mass is 208 g/mol. The molecule has 0 aliphatic heterocycles. The highest BCUT2D eigenvalue weighted by molar-refractivity contribution is 5.83. The van der Waals surface area contributed by atoms with Crippen molar-refractivity contribution >= 4 is 10.8 Å². The Bertz CT molecular complexity index is 526. The highest BCUT2D eigenvalue weighted by atomic mass is 14.0. The molecule has 0 spiro atoms. The van der Waals surface area contributed by atoms with E-state index in [0.717, 1.165) is 19.3 Å². The van der Waals surface area contributed by atoms with Gasteiger partial charge in [0, 0.05) is 12.8 Å². The van der Waals surface area contributed by atoms with E-state index >= 15 is 0 Å². The number of fused-ring (bicyclic) bond motifs is 1. The zero-order valence-electron chi connectivity index (χ0n) is 9.66. The smallest absolute Gasteiger partial charge is 0.0340 e. The van der Waals surface area contributed by atoms with E-state index in [0.29, 0.717) is 0 Å². The van der Waals surface area contributed by atoms with Crippen molar-refractivity contribution in [2.45, 2.75) is 26.2 Å². The molecule has 16 heavy (non-hydrogen) atoms. The van der Waals surface area contributed by atoms with Gasteiger partial charge in [-0.1, -0.05) is 55.3 Å². The summed E-state index contributed by atoms with van der Waals surface area (Å²) in [6, 6.07) is 15.0. The maximum atomic E-state index is 3.22. The van der Waals surface area contributed by atoms with Crippen LogP contribution in [-0.4, -0.2) is 0 Å². The van der Waals surface area contributed by atoms with Gasteiger partial charge in [-0.2, -0.15) is 0 Å². The van der Waals surface area contributed by atoms with Crippen LogP contribution in [0.2, 0.25) is 0 Å². The molecule has 0 unspecified atom stereocenters. The van der Waals surface area contributed by atoms with Crippen LogP contribution >= 0.6 is 0 Å². The van der Waals surface area contributed by atoms with E-state index in [-0.39, 0.29) is 0 Å². The van der Waals surface area contributed by atoms with E-state index < -0.39 is 0 Å². The van der Waals surface area contributed by atoms with Gasteiger partial charge in [-0.15, -0.1) is 5.92 Å². The summed E-state index contributed by atoms with van der Waals surface area (Å²) < 4.78 is 0. The van der Waals surface area contributed by atoms with Gasteiger partial charge in [0.05, 0.1) is 0 Å². The minimum absolute atomic E-state index is 0.866. The molecular formula is C16H16. The fraction of sp³-hybridized carbons (Fsp3) is 0.250. The highest BCUT2D eigenvalue weighted by Gasteiger charge is 1.93. The predicted octanol–water partition coefficient (Wildman–Crippen LogP) is 4.19. The third-order valence-electron chi connectivity index (χ3n) is 2.61. The van der Waals surface area contributed by atoms with Crippen molar-refractivity contribution in [1.29, 1.82) is 0 Å². The Morgan fingerprint density at radius 3 is 2.56 bits per heavy atom. The van der Waals surface area contributed by atoms with Gasteiger partial charge in [-0.05, 0) is 22.8 Å². The van der Waals surface area contributed by atoms with E-state index in [1.165, 1.54) is 16.3 Å². The van der Waals surface area contributed by atoms with Crippen LogP contribution < -0.4 is 0 Å². The second-order valence-electron chi connectivity index (χ2n) is 3.96. The summed E-state index contributed by atoms with van der Waals surface area (Å²) in [7, 11) is 0. The molecule has 2 aromatic rings. The lowest BCUT2D eigenvalue weighted by atomic mass is 10.1. The van der Waals surface area contributed by atoms with Gasteiger partial charge in [0.2, 0.25) is 0 Å². The van der Waals surface area contributed by atoms with Crippen molar-refractivity contribution in [2.24, 2.45) is 0 Å². The number of unbranched alkanes of at least 4 members (excludes halogenated alkanes) is 1. The third kappa shape index (κ3) is 2.64. The minimum atomic E-state index is 0.866. The van der Waals surface area contributed by atoms with Crippen LogP contribution in [0.25, 0.3) is 10.8 Å². The molecule has 0 nitrogen and oxygen atoms in total. The van der Waals surface area contributed by atoms with Gasteiger partial charge in [-0.3, -0.25) is 0 Å². The van der Waals surface area contributed by atoms with Crippen LogP contribution in [0, 0.1) is 11.8 Å². The van der Waals surface area contributed by atoms with Gasteiger partial charge in [-0.25, -0.2) is 0 Å². The molecule has 0 atom stereocenters. The third-order valence-corrected chi connectivity index (χ3v) is 2.61. The molecule has 0 bridgehead atoms. The molecule has 0 saturated carbocycles. The van der Waals surface area contributed by atoms with Crippen LogP contribution in [0.15, 0.2) is 42.5 Å². The number of hydrogen-bond donors (Lipinski definition) is 0. The van der Waals surface area contributed by atoms with Crippen molar-refractivity contribution in [3.05, 3.63) is 48.0 Å². The van der Waals surface area contributed by atoms with Gasteiger partial charge >= 0.3 is 0 Å². The standard InChI is InChI=1S/C16H16/c1-2-3-4-5-8-14-11-12-15-9-6-7-10-16(15)13-14/h6-7,9-13H,2-3,8H2,1H3. The first-order valence-corrected chi connectivity index (χ1v) is 5.83. The molecule has 0 aliphatic rings. The van der Waals surface area contributed by atoms with Gasteiger partial charge in [0.25, 0.3) is 0 Å². The summed E-state index contributed by atoms with van der Waals surface area (Å²) >= 11 is 0. The Labute approximate surface area is 97.3 Å². The summed E-state index contributed by atoms with van der Waals surface area (Å²) in [5.41, 5.74) is 1.31.